The molecule has 1 atom stereocenters. The topological polar surface area (TPSA) is 41.3 Å². The molecule has 0 aromatic heterocycles. The lowest BCUT2D eigenvalue weighted by atomic mass is 10.0. The average Bonchev–Trinajstić information content (AvgIpc) is 2.37. The van der Waals surface area contributed by atoms with E-state index in [-0.39, 0.29) is 10.8 Å². The molecule has 2 rings (SSSR count). The first kappa shape index (κ1) is 14.2. The molecule has 1 saturated heterocycles. The van der Waals surface area contributed by atoms with Crippen molar-refractivity contribution in [1.29, 1.82) is 0 Å². The molecule has 1 aliphatic rings. The molecule has 1 heterocycles. The molecule has 0 saturated carbocycles. The van der Waals surface area contributed by atoms with Gasteiger partial charge in [0.2, 0.25) is 0 Å². The number of nitrogens with zero attached hydrogens (tertiary/aromatic N) is 1. The molecule has 1 fully saturated rings. The van der Waals surface area contributed by atoms with E-state index in [0.29, 0.717) is 11.6 Å². The van der Waals surface area contributed by atoms with Crippen LogP contribution in [0.25, 0.3) is 0 Å². The van der Waals surface area contributed by atoms with Gasteiger partial charge in [-0.25, -0.2) is 4.39 Å². The zero-order valence-electron chi connectivity index (χ0n) is 11.2. The molecule has 1 aromatic rings. The monoisotopic (exact) mass is 281 g/mol. The molecule has 3 nitrogen and oxygen atoms in total. The molecular weight excluding hydrogens is 261 g/mol. The highest BCUT2D eigenvalue weighted by Gasteiger charge is 2.18. The van der Waals surface area contributed by atoms with Gasteiger partial charge in [-0.1, -0.05) is 18.6 Å². The summed E-state index contributed by atoms with van der Waals surface area (Å²) in [5.74, 6) is -0.366. The van der Waals surface area contributed by atoms with Crippen LogP contribution in [0.1, 0.15) is 24.8 Å². The highest BCUT2D eigenvalue weighted by atomic mass is 32.1. The Morgan fingerprint density at radius 2 is 2.32 bits per heavy atom. The van der Waals surface area contributed by atoms with Crippen LogP contribution in [0.4, 0.5) is 10.1 Å². The number of hydrogen-bond donors (Lipinski definition) is 2. The number of nitrogens with one attached hydrogen (secondary N) is 1. The summed E-state index contributed by atoms with van der Waals surface area (Å²) in [5, 5.41) is 3.29. The molecule has 19 heavy (non-hydrogen) atoms. The minimum atomic E-state index is -0.366. The van der Waals surface area contributed by atoms with Crippen molar-refractivity contribution in [3.05, 3.63) is 29.6 Å². The molecule has 0 bridgehead atoms. The van der Waals surface area contributed by atoms with E-state index in [1.165, 1.54) is 25.3 Å². The maximum atomic E-state index is 13.7. The van der Waals surface area contributed by atoms with Crippen LogP contribution >= 0.6 is 12.2 Å². The van der Waals surface area contributed by atoms with E-state index in [2.05, 4.69) is 17.3 Å². The van der Waals surface area contributed by atoms with Crippen molar-refractivity contribution in [3.63, 3.8) is 0 Å². The number of nitrogens with two attached hydrogens (primary N) is 1. The molecule has 0 amide bonds. The van der Waals surface area contributed by atoms with Gasteiger partial charge in [-0.15, -0.1) is 0 Å². The zero-order chi connectivity index (χ0) is 13.8. The quantitative estimate of drug-likeness (QED) is 0.831. The van der Waals surface area contributed by atoms with Gasteiger partial charge in [-0.3, -0.25) is 0 Å². The van der Waals surface area contributed by atoms with E-state index in [1.54, 1.807) is 6.07 Å². The van der Waals surface area contributed by atoms with E-state index in [9.17, 15) is 4.39 Å². The van der Waals surface area contributed by atoms with Crippen molar-refractivity contribution < 1.29 is 4.39 Å². The fraction of sp³-hybridized carbons (Fsp3) is 0.500. The first-order chi connectivity index (χ1) is 9.08. The summed E-state index contributed by atoms with van der Waals surface area (Å²) < 4.78 is 13.7. The number of likely N-dealkylation sites (N-methyl/N-ethyl adjacent to an activating group) is 1. The summed E-state index contributed by atoms with van der Waals surface area (Å²) in [6.07, 6.45) is 3.73. The number of benzene rings is 1. The van der Waals surface area contributed by atoms with E-state index < -0.39 is 0 Å². The molecule has 5 heteroatoms. The molecule has 3 N–H and O–H groups in total. The van der Waals surface area contributed by atoms with Crippen molar-refractivity contribution in [1.82, 2.24) is 4.90 Å². The number of piperidine rings is 1. The van der Waals surface area contributed by atoms with Crippen molar-refractivity contribution in [2.45, 2.75) is 25.3 Å². The smallest absolute Gasteiger partial charge is 0.135 e. The average molecular weight is 281 g/mol. The van der Waals surface area contributed by atoms with Gasteiger partial charge in [-0.05, 0) is 44.6 Å². The molecule has 1 unspecified atom stereocenters. The largest absolute Gasteiger partial charge is 0.389 e. The highest BCUT2D eigenvalue weighted by Crippen LogP contribution is 2.18. The highest BCUT2D eigenvalue weighted by molar-refractivity contribution is 7.80. The predicted octanol–water partition coefficient (Wildman–Crippen LogP) is 2.36. The van der Waals surface area contributed by atoms with Crippen LogP contribution in [0.5, 0.6) is 0 Å². The Bertz CT molecular complexity index is 464. The molecule has 104 valence electrons. The van der Waals surface area contributed by atoms with Gasteiger partial charge in [0.15, 0.2) is 0 Å². The minimum Gasteiger partial charge on any atom is -0.389 e. The van der Waals surface area contributed by atoms with Gasteiger partial charge in [0.05, 0.1) is 0 Å². The van der Waals surface area contributed by atoms with Crippen molar-refractivity contribution in [2.24, 2.45) is 5.73 Å². The third kappa shape index (κ3) is 3.64. The summed E-state index contributed by atoms with van der Waals surface area (Å²) >= 11 is 4.79. The van der Waals surface area contributed by atoms with Gasteiger partial charge in [0.1, 0.15) is 10.8 Å². The van der Waals surface area contributed by atoms with Crippen molar-refractivity contribution in [2.75, 3.05) is 25.5 Å². The van der Waals surface area contributed by atoms with Gasteiger partial charge >= 0.3 is 0 Å². The third-order valence-corrected chi connectivity index (χ3v) is 3.92. The number of hydrogen-bond acceptors (Lipinski definition) is 3. The van der Waals surface area contributed by atoms with E-state index in [4.69, 9.17) is 18.0 Å². The SMILES string of the molecule is CN1CCCCC1CNc1ccc(C(N)=S)c(F)c1. The molecule has 1 aromatic carbocycles. The normalized spacial score (nSPS) is 20.2. The maximum Gasteiger partial charge on any atom is 0.135 e. The maximum absolute atomic E-state index is 13.7. The zero-order valence-corrected chi connectivity index (χ0v) is 12.0. The Morgan fingerprint density at radius 1 is 1.53 bits per heavy atom. The first-order valence-electron chi connectivity index (χ1n) is 6.61. The molecule has 1 aliphatic heterocycles. The number of anilines is 1. The number of likely N-dealkylation sites (tertiary alicyclic amines) is 1. The second-order valence-corrected chi connectivity index (χ2v) is 5.51. The Balaban J connectivity index is 1.96. The van der Waals surface area contributed by atoms with Crippen LogP contribution in [-0.2, 0) is 0 Å². The lowest BCUT2D eigenvalue weighted by Gasteiger charge is -2.32. The molecule has 0 spiro atoms. The summed E-state index contributed by atoms with van der Waals surface area (Å²) in [5.41, 5.74) is 6.51. The van der Waals surface area contributed by atoms with Gasteiger partial charge < -0.3 is 16.0 Å². The van der Waals surface area contributed by atoms with Gasteiger partial charge in [0.25, 0.3) is 0 Å². The summed E-state index contributed by atoms with van der Waals surface area (Å²) in [6.45, 7) is 1.98. The van der Waals surface area contributed by atoms with E-state index in [0.717, 1.165) is 18.8 Å². The fourth-order valence-corrected chi connectivity index (χ4v) is 2.63. The van der Waals surface area contributed by atoms with Crippen LogP contribution in [-0.4, -0.2) is 36.1 Å². The Kier molecular flexibility index (Phi) is 4.71. The Hall–Kier alpha value is -1.20. The first-order valence-corrected chi connectivity index (χ1v) is 7.02. The van der Waals surface area contributed by atoms with Gasteiger partial charge in [0, 0.05) is 23.8 Å². The second-order valence-electron chi connectivity index (χ2n) is 5.07. The predicted molar refractivity (Wildman–Crippen MR) is 81.0 cm³/mol. The lowest BCUT2D eigenvalue weighted by molar-refractivity contribution is 0.194. The third-order valence-electron chi connectivity index (χ3n) is 3.70. The minimum absolute atomic E-state index is 0.0936. The van der Waals surface area contributed by atoms with Gasteiger partial charge in [-0.2, -0.15) is 0 Å². The molecule has 0 radical (unpaired) electrons. The van der Waals surface area contributed by atoms with Crippen LogP contribution in [0.3, 0.4) is 0 Å². The lowest BCUT2D eigenvalue weighted by Crippen LogP contribution is -2.40. The summed E-state index contributed by atoms with van der Waals surface area (Å²) in [4.78, 5) is 2.45. The Morgan fingerprint density at radius 3 is 2.95 bits per heavy atom. The van der Waals surface area contributed by atoms with Crippen molar-refractivity contribution >= 4 is 22.9 Å². The van der Waals surface area contributed by atoms with E-state index in [1.807, 2.05) is 6.07 Å². The number of halogens is 1. The fourth-order valence-electron chi connectivity index (χ4n) is 2.46. The van der Waals surface area contributed by atoms with Crippen LogP contribution in [0.15, 0.2) is 18.2 Å². The van der Waals surface area contributed by atoms with Crippen LogP contribution < -0.4 is 11.1 Å². The summed E-state index contributed by atoms with van der Waals surface area (Å²) in [6, 6.07) is 5.43. The standard InChI is InChI=1S/C14H20FN3S/c1-18-7-3-2-4-11(18)9-17-10-5-6-12(14(16)19)13(15)8-10/h5-6,8,11,17H,2-4,7,9H2,1H3,(H2,16,19). The Labute approximate surface area is 119 Å². The van der Waals surface area contributed by atoms with Crippen LogP contribution in [0.2, 0.25) is 0 Å². The summed E-state index contributed by atoms with van der Waals surface area (Å²) in [7, 11) is 2.14. The van der Waals surface area contributed by atoms with Crippen LogP contribution in [0, 0.1) is 5.82 Å². The van der Waals surface area contributed by atoms with Crippen molar-refractivity contribution in [3.8, 4) is 0 Å². The number of rotatable bonds is 4. The van der Waals surface area contributed by atoms with E-state index >= 15 is 0 Å². The molecule has 0 aliphatic carbocycles. The number of thiocarbonyl (C=S) groups is 1. The second kappa shape index (κ2) is 6.30. The molecular formula is C14H20FN3S.